The highest BCUT2D eigenvalue weighted by Crippen LogP contribution is 2.59. The summed E-state index contributed by atoms with van der Waals surface area (Å²) >= 11 is 6.49. The molecule has 0 unspecified atom stereocenters. The van der Waals surface area contributed by atoms with E-state index in [2.05, 4.69) is 18.5 Å². The Balaban J connectivity index is 1.46. The number of fused-ring (bicyclic) bond motifs is 1. The van der Waals surface area contributed by atoms with Crippen LogP contribution in [0.5, 0.6) is 0 Å². The smallest absolute Gasteiger partial charge is 0.313 e. The number of amides is 3. The number of nitrogens with zero attached hydrogens (tertiary/aromatic N) is 2. The molecule has 3 aliphatic rings. The van der Waals surface area contributed by atoms with Crippen LogP contribution in [0, 0.1) is 11.8 Å². The monoisotopic (exact) mass is 649 g/mol. The van der Waals surface area contributed by atoms with Gasteiger partial charge in [-0.3, -0.25) is 19.2 Å². The number of nitrogens with one attached hydrogen (secondary N) is 1. The van der Waals surface area contributed by atoms with Crippen molar-refractivity contribution in [2.45, 2.75) is 62.5 Å². The van der Waals surface area contributed by atoms with Gasteiger partial charge in [0.05, 0.1) is 41.3 Å². The number of halogens is 1. The fourth-order valence-electron chi connectivity index (χ4n) is 7.24. The van der Waals surface area contributed by atoms with E-state index in [9.17, 15) is 24.3 Å². The molecule has 2 bridgehead atoms. The standard InChI is InChI=1S/C35H40ClN3O7/c1-4-6-16-27(41)37-22(3)30(23-12-8-7-9-13-23)45-34(44)28-26-17-18-35(46-26)29(28)32(42)39(20-21-40)31(35)33(43)38(19-5-2)25-15-11-10-14-24(25)36/h4-5,7-15,22,26,28-31,40H,1-2,6,16-21H2,3H3,(H,37,41)/t22-,26+,28-,29-,30-,31+,35-/m1/s1. The van der Waals surface area contributed by atoms with Crippen LogP contribution >= 0.6 is 11.6 Å². The zero-order valence-electron chi connectivity index (χ0n) is 25.8. The number of anilines is 1. The van der Waals surface area contributed by atoms with E-state index in [1.165, 1.54) is 9.80 Å². The lowest BCUT2D eigenvalue weighted by Crippen LogP contribution is -2.57. The zero-order chi connectivity index (χ0) is 33.0. The first-order chi connectivity index (χ1) is 22.2. The fraction of sp³-hybridized carbons (Fsp3) is 0.429. The minimum absolute atomic E-state index is 0.116. The minimum Gasteiger partial charge on any atom is -0.455 e. The summed E-state index contributed by atoms with van der Waals surface area (Å²) in [6.45, 7) is 8.84. The van der Waals surface area contributed by atoms with Gasteiger partial charge in [0.25, 0.3) is 5.91 Å². The van der Waals surface area contributed by atoms with Gasteiger partial charge >= 0.3 is 5.97 Å². The van der Waals surface area contributed by atoms with Crippen molar-refractivity contribution in [1.29, 1.82) is 0 Å². The van der Waals surface area contributed by atoms with E-state index >= 15 is 0 Å². The summed E-state index contributed by atoms with van der Waals surface area (Å²) < 4.78 is 12.7. The molecule has 0 saturated carbocycles. The van der Waals surface area contributed by atoms with Crippen molar-refractivity contribution < 1.29 is 33.8 Å². The van der Waals surface area contributed by atoms with E-state index in [-0.39, 0.29) is 32.0 Å². The second-order valence-electron chi connectivity index (χ2n) is 12.0. The number of β-amino-alcohol motifs (C(OH)–C–C–N with tert-alkyl or cyclic N) is 1. The van der Waals surface area contributed by atoms with Crippen molar-refractivity contribution in [2.75, 3.05) is 24.6 Å². The number of esters is 1. The molecule has 0 aromatic heterocycles. The number of benzene rings is 2. The van der Waals surface area contributed by atoms with Crippen LogP contribution in [-0.2, 0) is 28.7 Å². The first-order valence-corrected chi connectivity index (χ1v) is 16.0. The molecule has 3 aliphatic heterocycles. The summed E-state index contributed by atoms with van der Waals surface area (Å²) in [6, 6.07) is 14.3. The minimum atomic E-state index is -1.30. The van der Waals surface area contributed by atoms with Gasteiger partial charge in [-0.1, -0.05) is 66.2 Å². The van der Waals surface area contributed by atoms with Crippen molar-refractivity contribution in [3.05, 3.63) is 90.5 Å². The van der Waals surface area contributed by atoms with Gasteiger partial charge in [-0.15, -0.1) is 13.2 Å². The second kappa shape index (κ2) is 14.2. The van der Waals surface area contributed by atoms with Crippen molar-refractivity contribution in [2.24, 2.45) is 11.8 Å². The van der Waals surface area contributed by atoms with Crippen molar-refractivity contribution in [3.8, 4) is 0 Å². The van der Waals surface area contributed by atoms with Crippen LogP contribution < -0.4 is 10.2 Å². The molecular weight excluding hydrogens is 610 g/mol. The zero-order valence-corrected chi connectivity index (χ0v) is 26.6. The van der Waals surface area contributed by atoms with Gasteiger partial charge in [0.2, 0.25) is 11.8 Å². The second-order valence-corrected chi connectivity index (χ2v) is 12.4. The molecule has 0 aliphatic carbocycles. The van der Waals surface area contributed by atoms with Crippen molar-refractivity contribution in [3.63, 3.8) is 0 Å². The number of carbonyl (C=O) groups is 4. The van der Waals surface area contributed by atoms with Crippen LogP contribution in [0.3, 0.4) is 0 Å². The quantitative estimate of drug-likeness (QED) is 0.234. The molecule has 10 nitrogen and oxygen atoms in total. The summed E-state index contributed by atoms with van der Waals surface area (Å²) in [5.41, 5.74) is -0.173. The molecule has 3 fully saturated rings. The van der Waals surface area contributed by atoms with Gasteiger partial charge in [0.15, 0.2) is 0 Å². The lowest BCUT2D eigenvalue weighted by atomic mass is 9.70. The van der Waals surface area contributed by atoms with Gasteiger partial charge in [-0.05, 0) is 43.9 Å². The molecule has 3 heterocycles. The first-order valence-electron chi connectivity index (χ1n) is 15.6. The third-order valence-corrected chi connectivity index (χ3v) is 9.48. The van der Waals surface area contributed by atoms with Crippen LogP contribution in [-0.4, -0.2) is 77.2 Å². The Morgan fingerprint density at radius 1 is 1.17 bits per heavy atom. The van der Waals surface area contributed by atoms with Crippen molar-refractivity contribution in [1.82, 2.24) is 10.2 Å². The molecule has 11 heteroatoms. The van der Waals surface area contributed by atoms with Crippen molar-refractivity contribution >= 4 is 41.0 Å². The topological polar surface area (TPSA) is 125 Å². The molecule has 2 aromatic carbocycles. The number of aliphatic hydroxyl groups is 1. The molecule has 3 amide bonds. The number of allylic oxidation sites excluding steroid dienone is 1. The molecule has 7 atom stereocenters. The Kier molecular flexibility index (Phi) is 10.3. The third-order valence-electron chi connectivity index (χ3n) is 9.16. The largest absolute Gasteiger partial charge is 0.455 e. The number of hydrogen-bond donors (Lipinski definition) is 2. The maximum atomic E-state index is 14.5. The SMILES string of the molecule is C=CCCC(=O)N[C@H](C)[C@@H](OC(=O)[C@@H]1[C@@H]2CC[C@]3(O2)[C@H](C(=O)N(CC=C)c2ccccc2Cl)N(CCO)C(=O)[C@@H]13)c1ccccc1. The summed E-state index contributed by atoms with van der Waals surface area (Å²) in [5.74, 6) is -3.72. The van der Waals surface area contributed by atoms with Gasteiger partial charge < -0.3 is 29.7 Å². The Morgan fingerprint density at radius 3 is 2.57 bits per heavy atom. The van der Waals surface area contributed by atoms with Crippen LogP contribution in [0.25, 0.3) is 0 Å². The Labute approximate surface area is 274 Å². The predicted molar refractivity (Wildman–Crippen MR) is 173 cm³/mol. The molecule has 46 heavy (non-hydrogen) atoms. The third kappa shape index (κ3) is 6.09. The van der Waals surface area contributed by atoms with Crippen LogP contribution in [0.2, 0.25) is 5.02 Å². The molecule has 3 saturated heterocycles. The first kappa shape index (κ1) is 33.4. The Morgan fingerprint density at radius 2 is 1.89 bits per heavy atom. The highest BCUT2D eigenvalue weighted by atomic mass is 35.5. The summed E-state index contributed by atoms with van der Waals surface area (Å²) in [5, 5.41) is 13.2. The van der Waals surface area contributed by atoms with Crippen LogP contribution in [0.4, 0.5) is 5.69 Å². The number of carbonyl (C=O) groups excluding carboxylic acids is 4. The number of rotatable bonds is 14. The van der Waals surface area contributed by atoms with E-state index in [0.29, 0.717) is 35.5 Å². The molecule has 0 radical (unpaired) electrons. The number of ether oxygens (including phenoxy) is 2. The average molecular weight is 650 g/mol. The predicted octanol–water partition coefficient (Wildman–Crippen LogP) is 3.98. The molecule has 2 N–H and O–H groups in total. The molecule has 5 rings (SSSR count). The normalized spacial score (nSPS) is 25.8. The van der Waals surface area contributed by atoms with Gasteiger partial charge in [0.1, 0.15) is 17.7 Å². The maximum absolute atomic E-state index is 14.5. The molecular formula is C35H40ClN3O7. The average Bonchev–Trinajstić information content (AvgIpc) is 3.69. The molecule has 1 spiro atoms. The number of likely N-dealkylation sites (tertiary alicyclic amines) is 1. The Bertz CT molecular complexity index is 1490. The van der Waals surface area contributed by atoms with Crippen LogP contribution in [0.1, 0.15) is 44.3 Å². The summed E-state index contributed by atoms with van der Waals surface area (Å²) in [4.78, 5) is 58.1. The lowest BCUT2D eigenvalue weighted by molar-refractivity contribution is -0.162. The fourth-order valence-corrected chi connectivity index (χ4v) is 7.48. The van der Waals surface area contributed by atoms with E-state index in [1.807, 2.05) is 30.3 Å². The highest BCUT2D eigenvalue weighted by molar-refractivity contribution is 6.34. The maximum Gasteiger partial charge on any atom is 0.313 e. The van der Waals surface area contributed by atoms with E-state index in [4.69, 9.17) is 21.1 Å². The molecule has 2 aromatic rings. The van der Waals surface area contributed by atoms with Gasteiger partial charge in [-0.2, -0.15) is 0 Å². The number of hydrogen-bond acceptors (Lipinski definition) is 7. The summed E-state index contributed by atoms with van der Waals surface area (Å²) in [7, 11) is 0. The lowest BCUT2D eigenvalue weighted by Gasteiger charge is -2.36. The van der Waals surface area contributed by atoms with E-state index < -0.39 is 59.5 Å². The van der Waals surface area contributed by atoms with Crippen LogP contribution in [0.15, 0.2) is 79.9 Å². The Hall–Kier alpha value is -3.99. The number of aliphatic hydroxyl groups excluding tert-OH is 1. The van der Waals surface area contributed by atoms with Gasteiger partial charge in [-0.25, -0.2) is 0 Å². The highest BCUT2D eigenvalue weighted by Gasteiger charge is 2.75. The molecule has 244 valence electrons. The van der Waals surface area contributed by atoms with E-state index in [1.54, 1.807) is 43.3 Å². The summed E-state index contributed by atoms with van der Waals surface area (Å²) in [6.07, 6.45) is 3.30. The van der Waals surface area contributed by atoms with Gasteiger partial charge in [0, 0.05) is 19.5 Å². The number of para-hydroxylation sites is 1. The van der Waals surface area contributed by atoms with E-state index in [0.717, 1.165) is 0 Å².